The first-order valence-electron chi connectivity index (χ1n) is 16.0. The molecule has 0 N–H and O–H groups in total. The fourth-order valence-electron chi connectivity index (χ4n) is 7.25. The smallest absolute Gasteiger partial charge is 0.00970 e. The van der Waals surface area contributed by atoms with Crippen molar-refractivity contribution in [1.29, 1.82) is 0 Å². The van der Waals surface area contributed by atoms with Crippen molar-refractivity contribution in [2.45, 2.75) is 46.7 Å². The average Bonchev–Trinajstić information content (AvgIpc) is 3.50. The second kappa shape index (κ2) is 12.5. The Kier molecular flexibility index (Phi) is 8.31. The lowest BCUT2D eigenvalue weighted by Crippen LogP contribution is -2.23. The lowest BCUT2D eigenvalue weighted by molar-refractivity contribution is 1.15. The van der Waals surface area contributed by atoms with Crippen LogP contribution < -0.4 is 21.2 Å². The molecule has 0 bridgehead atoms. The van der Waals surface area contributed by atoms with Crippen LogP contribution in [0.15, 0.2) is 144 Å². The summed E-state index contributed by atoms with van der Waals surface area (Å²) in [6, 6.07) is 46.2. The Morgan fingerprint density at radius 1 is 0.533 bits per heavy atom. The summed E-state index contributed by atoms with van der Waals surface area (Å²) in [6.45, 7) is 11.5. The number of allylic oxidation sites excluding steroid dienone is 4. The number of aryl methyl sites for hydroxylation is 4. The van der Waals surface area contributed by atoms with Crippen molar-refractivity contribution in [1.82, 2.24) is 0 Å². The molecule has 0 saturated heterocycles. The summed E-state index contributed by atoms with van der Waals surface area (Å²) < 4.78 is 0. The van der Waals surface area contributed by atoms with Crippen molar-refractivity contribution >= 4 is 58.6 Å². The van der Waals surface area contributed by atoms with Crippen molar-refractivity contribution in [3.05, 3.63) is 167 Å². The van der Waals surface area contributed by atoms with Crippen molar-refractivity contribution < 1.29 is 0 Å². The molecule has 7 rings (SSSR count). The third-order valence-corrected chi connectivity index (χ3v) is 14.4. The van der Waals surface area contributed by atoms with Crippen LogP contribution in [0.25, 0.3) is 21.5 Å². The van der Waals surface area contributed by atoms with Gasteiger partial charge >= 0.3 is 0 Å². The van der Waals surface area contributed by atoms with Gasteiger partial charge in [-0.1, -0.05) is 163 Å². The van der Waals surface area contributed by atoms with Gasteiger partial charge in [-0.05, 0) is 104 Å². The van der Waals surface area contributed by atoms with Crippen molar-refractivity contribution in [2.75, 3.05) is 0 Å². The zero-order valence-electron chi connectivity index (χ0n) is 26.9. The minimum atomic E-state index is -0.783. The van der Waals surface area contributed by atoms with Gasteiger partial charge in [-0.15, -0.1) is 0 Å². The van der Waals surface area contributed by atoms with Crippen LogP contribution in [0.2, 0.25) is 0 Å². The molecule has 0 spiro atoms. The molecule has 222 valence electrons. The third-order valence-electron chi connectivity index (χ3n) is 9.03. The molecule has 45 heavy (non-hydrogen) atoms. The summed E-state index contributed by atoms with van der Waals surface area (Å²) in [5, 5.41) is 12.9. The summed E-state index contributed by atoms with van der Waals surface area (Å²) in [6.07, 6.45) is 5.91. The molecule has 1 aliphatic carbocycles. The summed E-state index contributed by atoms with van der Waals surface area (Å²) in [5.41, 5.74) is 7.29. The number of rotatable bonds is 7. The first kappa shape index (κ1) is 29.9. The van der Waals surface area contributed by atoms with E-state index >= 15 is 0 Å². The molecular formula is C43H40P2. The zero-order valence-corrected chi connectivity index (χ0v) is 28.7. The molecule has 0 aliphatic heterocycles. The molecule has 0 amide bonds. The van der Waals surface area contributed by atoms with Crippen LogP contribution in [-0.2, 0) is 0 Å². The number of hydrogen-bond acceptors (Lipinski definition) is 0. The quantitative estimate of drug-likeness (QED) is 0.156. The summed E-state index contributed by atoms with van der Waals surface area (Å²) in [4.78, 5) is 0. The van der Waals surface area contributed by atoms with Crippen molar-refractivity contribution in [3.8, 4) is 0 Å². The van der Waals surface area contributed by atoms with Gasteiger partial charge in [0.05, 0.1) is 0 Å². The van der Waals surface area contributed by atoms with Gasteiger partial charge in [-0.2, -0.15) is 0 Å². The lowest BCUT2D eigenvalue weighted by Gasteiger charge is -2.31. The fraction of sp³-hybridized carbons (Fsp3) is 0.163. The van der Waals surface area contributed by atoms with E-state index in [9.17, 15) is 0 Å². The highest BCUT2D eigenvalue weighted by molar-refractivity contribution is 7.78. The summed E-state index contributed by atoms with van der Waals surface area (Å²) in [5.74, 6) is 0. The normalized spacial score (nSPS) is 13.9. The molecule has 6 aromatic rings. The highest BCUT2D eigenvalue weighted by atomic mass is 31.1. The van der Waals surface area contributed by atoms with E-state index in [1.165, 1.54) is 70.6 Å². The van der Waals surface area contributed by atoms with Crippen LogP contribution in [0.4, 0.5) is 0 Å². The Balaban J connectivity index is 1.48. The van der Waals surface area contributed by atoms with Gasteiger partial charge in [0.2, 0.25) is 0 Å². The Hall–Kier alpha value is -3.82. The highest BCUT2D eigenvalue weighted by Crippen LogP contribution is 2.55. The second-order valence-electron chi connectivity index (χ2n) is 12.6. The van der Waals surface area contributed by atoms with Crippen LogP contribution in [0.1, 0.15) is 35.6 Å². The van der Waals surface area contributed by atoms with E-state index in [-0.39, 0.29) is 0 Å². The molecule has 1 atom stereocenters. The van der Waals surface area contributed by atoms with Gasteiger partial charge in [0, 0.05) is 5.66 Å². The minimum Gasteiger partial charge on any atom is -0.0798 e. The van der Waals surface area contributed by atoms with Gasteiger partial charge < -0.3 is 0 Å². The Morgan fingerprint density at radius 3 is 1.47 bits per heavy atom. The topological polar surface area (TPSA) is 0 Å². The number of benzene rings is 6. The van der Waals surface area contributed by atoms with Gasteiger partial charge in [-0.25, -0.2) is 0 Å². The van der Waals surface area contributed by atoms with E-state index < -0.39 is 15.8 Å². The molecule has 0 heterocycles. The van der Waals surface area contributed by atoms with Crippen LogP contribution in [0.3, 0.4) is 0 Å². The molecule has 0 saturated carbocycles. The molecule has 6 aromatic carbocycles. The number of hydrogen-bond donors (Lipinski definition) is 0. The first-order chi connectivity index (χ1) is 21.9. The average molecular weight is 619 g/mol. The molecule has 0 radical (unpaired) electrons. The van der Waals surface area contributed by atoms with E-state index in [4.69, 9.17) is 0 Å². The second-order valence-corrected chi connectivity index (χ2v) is 17.3. The van der Waals surface area contributed by atoms with Crippen LogP contribution >= 0.6 is 15.8 Å². The maximum Gasteiger partial charge on any atom is 0.00970 e. The lowest BCUT2D eigenvalue weighted by atomic mass is 10.1. The van der Waals surface area contributed by atoms with Crippen LogP contribution in [-0.4, -0.2) is 5.66 Å². The maximum absolute atomic E-state index is 2.51. The molecule has 0 nitrogen and oxygen atoms in total. The molecule has 2 heteroatoms. The molecule has 0 unspecified atom stereocenters. The highest BCUT2D eigenvalue weighted by Gasteiger charge is 2.32. The molecule has 0 aromatic heterocycles. The Labute approximate surface area is 271 Å². The molecular weight excluding hydrogens is 578 g/mol. The Bertz CT molecular complexity index is 1930. The van der Waals surface area contributed by atoms with E-state index in [0.29, 0.717) is 5.66 Å². The third kappa shape index (κ3) is 5.84. The van der Waals surface area contributed by atoms with E-state index in [1.807, 2.05) is 0 Å². The summed E-state index contributed by atoms with van der Waals surface area (Å²) >= 11 is 0. The van der Waals surface area contributed by atoms with Crippen molar-refractivity contribution in [2.24, 2.45) is 0 Å². The van der Waals surface area contributed by atoms with Gasteiger partial charge in [0.1, 0.15) is 0 Å². The van der Waals surface area contributed by atoms with Crippen LogP contribution in [0.5, 0.6) is 0 Å². The number of fused-ring (bicyclic) bond motifs is 2. The van der Waals surface area contributed by atoms with Gasteiger partial charge in [0.25, 0.3) is 0 Å². The van der Waals surface area contributed by atoms with Gasteiger partial charge in [-0.3, -0.25) is 0 Å². The van der Waals surface area contributed by atoms with Crippen molar-refractivity contribution in [3.63, 3.8) is 0 Å². The van der Waals surface area contributed by atoms with E-state index in [2.05, 4.69) is 168 Å². The predicted molar refractivity (Wildman–Crippen MR) is 202 cm³/mol. The molecule has 1 aliphatic rings. The predicted octanol–water partition coefficient (Wildman–Crippen LogP) is 10.4. The standard InChI is InChI=1S/C43H40P2/c1-29-23-30(2)26-36(25-29)44(37-27-31(3)24-32(4)28-37)33(5)38-19-12-22-41(38)45(42-20-10-15-34-13-6-8-17-39(34)42)43-21-11-16-35-14-7-9-18-40(35)43/h6-21,23-28,33H,22H2,1-5H3/t33-/m0/s1. The Morgan fingerprint density at radius 2 is 0.978 bits per heavy atom. The SMILES string of the molecule is Cc1cc(C)cc(P(c2cc(C)cc(C)c2)[C@@H](C)C2=C(P(c3cccc4ccccc34)c3cccc4ccccc34)CC=C2)c1. The molecule has 0 fully saturated rings. The minimum absolute atomic E-state index is 0.367. The monoisotopic (exact) mass is 618 g/mol. The van der Waals surface area contributed by atoms with Crippen LogP contribution in [0, 0.1) is 27.7 Å². The first-order valence-corrected chi connectivity index (χ1v) is 18.7. The van der Waals surface area contributed by atoms with E-state index in [0.717, 1.165) is 6.42 Å². The van der Waals surface area contributed by atoms with Gasteiger partial charge in [0.15, 0.2) is 0 Å². The maximum atomic E-state index is 2.51. The fourth-order valence-corrected chi connectivity index (χ4v) is 13.5. The van der Waals surface area contributed by atoms with E-state index in [1.54, 1.807) is 5.31 Å². The zero-order chi connectivity index (χ0) is 31.1. The largest absolute Gasteiger partial charge is 0.0798 e. The summed E-state index contributed by atoms with van der Waals surface area (Å²) in [7, 11) is -1.43.